The zero-order chi connectivity index (χ0) is 20.4. The first-order valence-electron chi connectivity index (χ1n) is 9.64. The number of hydrogen-bond acceptors (Lipinski definition) is 4. The zero-order valence-corrected chi connectivity index (χ0v) is 16.2. The second kappa shape index (κ2) is 8.14. The Morgan fingerprint density at radius 3 is 2.97 bits per heavy atom. The number of aromatic nitrogens is 2. The number of hydroxylamine groups is 1. The van der Waals surface area contributed by atoms with E-state index in [0.717, 1.165) is 48.4 Å². The summed E-state index contributed by atoms with van der Waals surface area (Å²) in [4.78, 5) is 18.3. The van der Waals surface area contributed by atoms with Gasteiger partial charge in [0.25, 0.3) is 5.91 Å². The molecule has 1 atom stereocenters. The number of halogens is 1. The van der Waals surface area contributed by atoms with Crippen LogP contribution in [0, 0.1) is 5.82 Å². The molecule has 1 aliphatic heterocycles. The number of piperidine rings is 1. The van der Waals surface area contributed by atoms with Crippen LogP contribution in [0.25, 0.3) is 28.5 Å². The van der Waals surface area contributed by atoms with E-state index >= 15 is 0 Å². The van der Waals surface area contributed by atoms with Gasteiger partial charge in [-0.05, 0) is 56.3 Å². The first-order valence-corrected chi connectivity index (χ1v) is 9.64. The van der Waals surface area contributed by atoms with Gasteiger partial charge in [-0.25, -0.2) is 14.9 Å². The minimum atomic E-state index is -0.594. The number of nitrogens with zero attached hydrogens (tertiary/aromatic N) is 3. The van der Waals surface area contributed by atoms with Crippen molar-refractivity contribution < 1.29 is 14.4 Å². The SMILES string of the molecule is CN1CCCC(n2c(-c3cccc(/C=C/C(=O)NO)c3)nc3cc(F)ccc32)C1. The minimum Gasteiger partial charge on any atom is -0.320 e. The van der Waals surface area contributed by atoms with Gasteiger partial charge in [0.1, 0.15) is 11.6 Å². The molecular weight excluding hydrogens is 371 g/mol. The van der Waals surface area contributed by atoms with Gasteiger partial charge in [-0.1, -0.05) is 18.2 Å². The van der Waals surface area contributed by atoms with Crippen molar-refractivity contribution in [3.05, 3.63) is 59.9 Å². The summed E-state index contributed by atoms with van der Waals surface area (Å²) in [5.41, 5.74) is 4.82. The van der Waals surface area contributed by atoms with Crippen LogP contribution in [0.2, 0.25) is 0 Å². The molecule has 1 aliphatic rings. The lowest BCUT2D eigenvalue weighted by atomic mass is 10.0. The summed E-state index contributed by atoms with van der Waals surface area (Å²) in [5, 5.41) is 8.65. The fourth-order valence-electron chi connectivity index (χ4n) is 3.99. The maximum atomic E-state index is 13.8. The van der Waals surface area contributed by atoms with Gasteiger partial charge in [0.2, 0.25) is 0 Å². The highest BCUT2D eigenvalue weighted by Crippen LogP contribution is 2.33. The largest absolute Gasteiger partial charge is 0.320 e. The van der Waals surface area contributed by atoms with E-state index in [1.165, 1.54) is 18.2 Å². The maximum absolute atomic E-state index is 13.8. The molecule has 1 fully saturated rings. The van der Waals surface area contributed by atoms with Crippen LogP contribution >= 0.6 is 0 Å². The molecule has 7 heteroatoms. The molecule has 0 spiro atoms. The van der Waals surface area contributed by atoms with Crippen LogP contribution in [-0.2, 0) is 4.79 Å². The molecule has 0 saturated carbocycles. The molecule has 29 heavy (non-hydrogen) atoms. The molecular formula is C22H23FN4O2. The number of imidazole rings is 1. The number of hydrogen-bond donors (Lipinski definition) is 2. The third-order valence-electron chi connectivity index (χ3n) is 5.30. The van der Waals surface area contributed by atoms with Crippen LogP contribution in [0.4, 0.5) is 4.39 Å². The van der Waals surface area contributed by atoms with Crippen molar-refractivity contribution >= 4 is 23.0 Å². The third kappa shape index (κ3) is 4.06. The van der Waals surface area contributed by atoms with Gasteiger partial charge in [0.15, 0.2) is 0 Å². The fraction of sp³-hybridized carbons (Fsp3) is 0.273. The van der Waals surface area contributed by atoms with Crippen molar-refractivity contribution in [1.82, 2.24) is 19.9 Å². The van der Waals surface area contributed by atoms with Gasteiger partial charge < -0.3 is 9.47 Å². The number of carbonyl (C=O) groups excluding carboxylic acids is 1. The van der Waals surface area contributed by atoms with Crippen LogP contribution in [0.3, 0.4) is 0 Å². The lowest BCUT2D eigenvalue weighted by Crippen LogP contribution is -2.33. The predicted octanol–water partition coefficient (Wildman–Crippen LogP) is 3.63. The second-order valence-electron chi connectivity index (χ2n) is 7.43. The number of rotatable bonds is 4. The van der Waals surface area contributed by atoms with E-state index in [2.05, 4.69) is 16.5 Å². The molecule has 2 aromatic carbocycles. The van der Waals surface area contributed by atoms with E-state index in [1.54, 1.807) is 17.6 Å². The Morgan fingerprint density at radius 2 is 2.17 bits per heavy atom. The van der Waals surface area contributed by atoms with Crippen molar-refractivity contribution in [2.75, 3.05) is 20.1 Å². The smallest absolute Gasteiger partial charge is 0.267 e. The van der Waals surface area contributed by atoms with Crippen molar-refractivity contribution in [2.45, 2.75) is 18.9 Å². The molecule has 4 rings (SSSR count). The molecule has 0 radical (unpaired) electrons. The quantitative estimate of drug-likeness (QED) is 0.403. The molecule has 1 unspecified atom stereocenters. The standard InChI is InChI=1S/C22H23FN4O2/c1-26-11-3-6-18(14-26)27-20-9-8-17(23)13-19(20)24-22(27)16-5-2-4-15(12-16)7-10-21(28)25-29/h2,4-5,7-10,12-13,18,29H,3,6,11,14H2,1H3,(H,25,28)/b10-7+. The Morgan fingerprint density at radius 1 is 1.31 bits per heavy atom. The van der Waals surface area contributed by atoms with Crippen molar-refractivity contribution in [3.8, 4) is 11.4 Å². The van der Waals surface area contributed by atoms with Crippen LogP contribution in [-0.4, -0.2) is 45.7 Å². The zero-order valence-electron chi connectivity index (χ0n) is 16.2. The Bertz CT molecular complexity index is 1080. The van der Waals surface area contributed by atoms with E-state index in [1.807, 2.05) is 24.3 Å². The van der Waals surface area contributed by atoms with E-state index in [4.69, 9.17) is 10.2 Å². The van der Waals surface area contributed by atoms with Gasteiger partial charge in [-0.15, -0.1) is 0 Å². The number of fused-ring (bicyclic) bond motifs is 1. The summed E-state index contributed by atoms with van der Waals surface area (Å²) in [5.74, 6) is -0.114. The number of carbonyl (C=O) groups is 1. The highest BCUT2D eigenvalue weighted by Gasteiger charge is 2.24. The number of likely N-dealkylation sites (N-methyl/N-ethyl adjacent to an activating group) is 1. The Labute approximate surface area is 168 Å². The number of nitrogens with one attached hydrogen (secondary N) is 1. The van der Waals surface area contributed by atoms with Crippen molar-refractivity contribution in [2.24, 2.45) is 0 Å². The number of likely N-dealkylation sites (tertiary alicyclic amines) is 1. The molecule has 3 aromatic rings. The van der Waals surface area contributed by atoms with E-state index in [0.29, 0.717) is 5.52 Å². The molecule has 2 N–H and O–H groups in total. The van der Waals surface area contributed by atoms with Gasteiger partial charge in [-0.2, -0.15) is 0 Å². The fourth-order valence-corrected chi connectivity index (χ4v) is 3.99. The Kier molecular flexibility index (Phi) is 5.42. The van der Waals surface area contributed by atoms with Gasteiger partial charge in [0, 0.05) is 30.3 Å². The first kappa shape index (κ1) is 19.3. The molecule has 1 amide bonds. The average Bonchev–Trinajstić information content (AvgIpc) is 3.10. The summed E-state index contributed by atoms with van der Waals surface area (Å²) in [7, 11) is 2.11. The van der Waals surface area contributed by atoms with E-state index in [9.17, 15) is 9.18 Å². The molecule has 0 aliphatic carbocycles. The van der Waals surface area contributed by atoms with Crippen LogP contribution in [0.5, 0.6) is 0 Å². The summed E-state index contributed by atoms with van der Waals surface area (Å²) in [6.07, 6.45) is 5.01. The molecule has 1 aromatic heterocycles. The molecule has 6 nitrogen and oxygen atoms in total. The molecule has 1 saturated heterocycles. The summed E-state index contributed by atoms with van der Waals surface area (Å²) >= 11 is 0. The lowest BCUT2D eigenvalue weighted by Gasteiger charge is -2.32. The summed E-state index contributed by atoms with van der Waals surface area (Å²) in [6.45, 7) is 1.98. The minimum absolute atomic E-state index is 0.249. The predicted molar refractivity (Wildman–Crippen MR) is 110 cm³/mol. The monoisotopic (exact) mass is 394 g/mol. The van der Waals surface area contributed by atoms with Crippen LogP contribution in [0.15, 0.2) is 48.5 Å². The van der Waals surface area contributed by atoms with Gasteiger partial charge in [-0.3, -0.25) is 10.0 Å². The Hall–Kier alpha value is -3.03. The number of benzene rings is 2. The van der Waals surface area contributed by atoms with E-state index in [-0.39, 0.29) is 11.9 Å². The third-order valence-corrected chi connectivity index (χ3v) is 5.30. The van der Waals surface area contributed by atoms with Gasteiger partial charge in [0.05, 0.1) is 11.0 Å². The normalized spacial score (nSPS) is 17.8. The summed E-state index contributed by atoms with van der Waals surface area (Å²) < 4.78 is 16.0. The second-order valence-corrected chi connectivity index (χ2v) is 7.43. The molecule has 150 valence electrons. The maximum Gasteiger partial charge on any atom is 0.267 e. The topological polar surface area (TPSA) is 70.4 Å². The highest BCUT2D eigenvalue weighted by molar-refractivity contribution is 5.91. The van der Waals surface area contributed by atoms with Gasteiger partial charge >= 0.3 is 0 Å². The van der Waals surface area contributed by atoms with Crippen molar-refractivity contribution in [1.29, 1.82) is 0 Å². The first-order chi connectivity index (χ1) is 14.0. The molecule has 2 heterocycles. The summed E-state index contributed by atoms with van der Waals surface area (Å²) in [6, 6.07) is 12.6. The Balaban J connectivity index is 1.82. The van der Waals surface area contributed by atoms with Crippen molar-refractivity contribution in [3.63, 3.8) is 0 Å². The van der Waals surface area contributed by atoms with Crippen LogP contribution in [0.1, 0.15) is 24.4 Å². The van der Waals surface area contributed by atoms with Crippen LogP contribution < -0.4 is 5.48 Å². The molecule has 0 bridgehead atoms. The highest BCUT2D eigenvalue weighted by atomic mass is 19.1. The van der Waals surface area contributed by atoms with E-state index < -0.39 is 5.91 Å². The lowest BCUT2D eigenvalue weighted by molar-refractivity contribution is -0.124. The number of amides is 1. The average molecular weight is 394 g/mol.